The van der Waals surface area contributed by atoms with Gasteiger partial charge in [-0.15, -0.1) is 0 Å². The summed E-state index contributed by atoms with van der Waals surface area (Å²) in [5.74, 6) is -2.49. The van der Waals surface area contributed by atoms with Crippen LogP contribution in [0.3, 0.4) is 0 Å². The van der Waals surface area contributed by atoms with Gasteiger partial charge >= 0.3 is 12.1 Å². The summed E-state index contributed by atoms with van der Waals surface area (Å²) >= 11 is 0. The van der Waals surface area contributed by atoms with Gasteiger partial charge in [-0.1, -0.05) is 25.1 Å². The van der Waals surface area contributed by atoms with Crippen LogP contribution < -0.4 is 16.0 Å². The number of nitrogens with one attached hydrogen (secondary N) is 3. The Hall–Kier alpha value is -3.63. The topological polar surface area (TPSA) is 116 Å². The molecule has 1 aromatic carbocycles. The number of benzene rings is 1. The number of anilines is 4. The Labute approximate surface area is 182 Å². The number of carbonyl (C=O) groups is 2. The fourth-order valence-electron chi connectivity index (χ4n) is 3.49. The maximum absolute atomic E-state index is 13.6. The van der Waals surface area contributed by atoms with Crippen molar-refractivity contribution in [3.63, 3.8) is 0 Å². The highest BCUT2D eigenvalue weighted by atomic mass is 19.4. The van der Waals surface area contributed by atoms with E-state index in [9.17, 15) is 27.9 Å². The number of halogens is 3. The molecule has 3 rings (SSSR count). The van der Waals surface area contributed by atoms with Crippen molar-refractivity contribution < 1.29 is 27.9 Å². The summed E-state index contributed by atoms with van der Waals surface area (Å²) in [7, 11) is 0. The fourth-order valence-corrected chi connectivity index (χ4v) is 3.49. The van der Waals surface area contributed by atoms with Gasteiger partial charge in [0.05, 0.1) is 17.3 Å². The van der Waals surface area contributed by atoms with E-state index >= 15 is 0 Å². The molecule has 170 valence electrons. The molecule has 11 heteroatoms. The van der Waals surface area contributed by atoms with Crippen molar-refractivity contribution >= 4 is 35.0 Å². The monoisotopic (exact) mass is 449 g/mol. The number of alkyl halides is 3. The van der Waals surface area contributed by atoms with E-state index in [2.05, 4.69) is 32.5 Å². The summed E-state index contributed by atoms with van der Waals surface area (Å²) in [6.07, 6.45) is -0.789. The number of aliphatic carboxylic acids is 1. The number of carboxylic acid groups (broad SMARTS) is 1. The van der Waals surface area contributed by atoms with Gasteiger partial charge in [0.1, 0.15) is 11.4 Å². The molecule has 0 spiro atoms. The maximum Gasteiger partial charge on any atom is 0.421 e. The molecule has 1 aliphatic rings. The van der Waals surface area contributed by atoms with Crippen LogP contribution in [0.15, 0.2) is 43.1 Å². The van der Waals surface area contributed by atoms with Gasteiger partial charge in [0, 0.05) is 12.2 Å². The Morgan fingerprint density at radius 1 is 1.19 bits per heavy atom. The zero-order valence-corrected chi connectivity index (χ0v) is 16.9. The number of carbonyl (C=O) groups excluding carboxylic acids is 1. The number of amides is 1. The molecule has 1 amide bonds. The van der Waals surface area contributed by atoms with Gasteiger partial charge in [-0.25, -0.2) is 4.98 Å². The first kappa shape index (κ1) is 23.0. The van der Waals surface area contributed by atoms with E-state index in [1.165, 1.54) is 12.1 Å². The van der Waals surface area contributed by atoms with E-state index in [0.717, 1.165) is 6.08 Å². The minimum absolute atomic E-state index is 0.0517. The van der Waals surface area contributed by atoms with Crippen molar-refractivity contribution in [3.8, 4) is 0 Å². The van der Waals surface area contributed by atoms with Crippen LogP contribution in [0.1, 0.15) is 31.2 Å². The Balaban J connectivity index is 1.89. The minimum atomic E-state index is -4.72. The van der Waals surface area contributed by atoms with Crippen LogP contribution in [-0.2, 0) is 15.8 Å². The molecule has 8 nitrogen and oxygen atoms in total. The molecule has 4 N–H and O–H groups in total. The second-order valence-electron chi connectivity index (χ2n) is 7.36. The van der Waals surface area contributed by atoms with Crippen LogP contribution in [0.5, 0.6) is 0 Å². The Morgan fingerprint density at radius 2 is 1.91 bits per heavy atom. The molecular formula is C21H22F3N5O3. The zero-order valence-electron chi connectivity index (χ0n) is 16.9. The van der Waals surface area contributed by atoms with Gasteiger partial charge in [0.25, 0.3) is 0 Å². The van der Waals surface area contributed by atoms with E-state index in [1.54, 1.807) is 12.1 Å². The average molecular weight is 449 g/mol. The lowest BCUT2D eigenvalue weighted by Crippen LogP contribution is -2.31. The van der Waals surface area contributed by atoms with Crippen molar-refractivity contribution in [2.45, 2.75) is 37.9 Å². The molecule has 1 heterocycles. The second-order valence-corrected chi connectivity index (χ2v) is 7.36. The van der Waals surface area contributed by atoms with E-state index in [-0.39, 0.29) is 23.4 Å². The summed E-state index contributed by atoms with van der Waals surface area (Å²) < 4.78 is 40.7. The number of aromatic nitrogens is 2. The van der Waals surface area contributed by atoms with Crippen LogP contribution in [0.4, 0.5) is 36.3 Å². The minimum Gasteiger partial charge on any atom is -0.481 e. The molecule has 1 aliphatic carbocycles. The molecule has 0 unspecified atom stereocenters. The molecule has 0 radical (unpaired) electrons. The van der Waals surface area contributed by atoms with Crippen LogP contribution in [0.2, 0.25) is 0 Å². The lowest BCUT2D eigenvalue weighted by molar-refractivity contribution is -0.143. The van der Waals surface area contributed by atoms with Gasteiger partial charge in [-0.3, -0.25) is 9.59 Å². The Morgan fingerprint density at radius 3 is 2.56 bits per heavy atom. The third kappa shape index (κ3) is 5.74. The normalized spacial score (nSPS) is 18.5. The third-order valence-corrected chi connectivity index (χ3v) is 5.07. The van der Waals surface area contributed by atoms with Crippen LogP contribution in [0.25, 0.3) is 0 Å². The largest absolute Gasteiger partial charge is 0.481 e. The van der Waals surface area contributed by atoms with Gasteiger partial charge in [-0.2, -0.15) is 18.2 Å². The number of hydrogen-bond donors (Lipinski definition) is 4. The van der Waals surface area contributed by atoms with E-state index in [4.69, 9.17) is 0 Å². The first-order valence-corrected chi connectivity index (χ1v) is 9.90. The van der Waals surface area contributed by atoms with Crippen molar-refractivity contribution in [3.05, 3.63) is 48.7 Å². The predicted octanol–water partition coefficient (Wildman–Crippen LogP) is 4.42. The summed E-state index contributed by atoms with van der Waals surface area (Å²) in [6.45, 7) is 3.35. The van der Waals surface area contributed by atoms with Crippen molar-refractivity contribution in [1.82, 2.24) is 9.97 Å². The standard InChI is InChI=1S/C21H22F3N5O3/c1-2-17(30)27-15-8-3-4-9-16(15)28-18-14(21(22,23)24)11-25-20(29-18)26-13-7-5-6-12(10-13)19(31)32/h2-4,8-9,11-13H,1,5-7,10H2,(H,27,30)(H,31,32)(H2,25,26,28,29)/t12-,13+/m0/s1. The van der Waals surface area contributed by atoms with Crippen LogP contribution >= 0.6 is 0 Å². The third-order valence-electron chi connectivity index (χ3n) is 5.07. The quantitative estimate of drug-likeness (QED) is 0.463. The van der Waals surface area contributed by atoms with Gasteiger partial charge in [0.2, 0.25) is 11.9 Å². The van der Waals surface area contributed by atoms with Gasteiger partial charge in [-0.05, 0) is 37.5 Å². The molecule has 0 aliphatic heterocycles. The second kappa shape index (κ2) is 9.67. The fraction of sp³-hybridized carbons (Fsp3) is 0.333. The molecule has 0 bridgehead atoms. The molecule has 2 atom stereocenters. The highest BCUT2D eigenvalue weighted by molar-refractivity contribution is 6.01. The molecule has 0 saturated heterocycles. The lowest BCUT2D eigenvalue weighted by Gasteiger charge is -2.27. The Bertz CT molecular complexity index is 1010. The molecule has 2 aromatic rings. The lowest BCUT2D eigenvalue weighted by atomic mass is 9.86. The summed E-state index contributed by atoms with van der Waals surface area (Å²) in [4.78, 5) is 30.7. The van der Waals surface area contributed by atoms with Gasteiger partial charge < -0.3 is 21.1 Å². The van der Waals surface area contributed by atoms with Crippen molar-refractivity contribution in [1.29, 1.82) is 0 Å². The molecule has 1 aromatic heterocycles. The average Bonchev–Trinajstić information content (AvgIpc) is 2.74. The summed E-state index contributed by atoms with van der Waals surface area (Å²) in [5, 5.41) is 17.3. The first-order valence-electron chi connectivity index (χ1n) is 9.90. The summed E-state index contributed by atoms with van der Waals surface area (Å²) in [6, 6.07) is 5.95. The highest BCUT2D eigenvalue weighted by Gasteiger charge is 2.36. The van der Waals surface area contributed by atoms with Crippen LogP contribution in [0, 0.1) is 5.92 Å². The SMILES string of the molecule is C=CC(=O)Nc1ccccc1Nc1nc(N[C@@H]2CCC[C@H](C(=O)O)C2)ncc1C(F)(F)F. The molecule has 32 heavy (non-hydrogen) atoms. The predicted molar refractivity (Wildman–Crippen MR) is 113 cm³/mol. The number of rotatable bonds is 7. The molecular weight excluding hydrogens is 427 g/mol. The van der Waals surface area contributed by atoms with E-state index in [1.807, 2.05) is 0 Å². The molecule has 1 saturated carbocycles. The van der Waals surface area contributed by atoms with Gasteiger partial charge in [0.15, 0.2) is 0 Å². The number of para-hydroxylation sites is 2. The van der Waals surface area contributed by atoms with E-state index in [0.29, 0.717) is 31.9 Å². The highest BCUT2D eigenvalue weighted by Crippen LogP contribution is 2.36. The maximum atomic E-state index is 13.6. The Kier molecular flexibility index (Phi) is 6.96. The first-order chi connectivity index (χ1) is 15.2. The van der Waals surface area contributed by atoms with Crippen molar-refractivity contribution in [2.24, 2.45) is 5.92 Å². The molecule has 1 fully saturated rings. The van der Waals surface area contributed by atoms with E-state index < -0.39 is 35.4 Å². The number of nitrogens with zero attached hydrogens (tertiary/aromatic N) is 2. The zero-order chi connectivity index (χ0) is 23.3. The van der Waals surface area contributed by atoms with Crippen LogP contribution in [-0.4, -0.2) is 33.0 Å². The van der Waals surface area contributed by atoms with Crippen molar-refractivity contribution in [2.75, 3.05) is 16.0 Å². The number of hydrogen-bond acceptors (Lipinski definition) is 6. The number of carboxylic acids is 1. The smallest absolute Gasteiger partial charge is 0.421 e. The summed E-state index contributed by atoms with van der Waals surface area (Å²) in [5.41, 5.74) is -0.642.